The van der Waals surface area contributed by atoms with Gasteiger partial charge in [-0.2, -0.15) is 0 Å². The molecule has 0 radical (unpaired) electrons. The zero-order valence-corrected chi connectivity index (χ0v) is 10.3. The zero-order valence-electron chi connectivity index (χ0n) is 13.3. The van der Waals surface area contributed by atoms with Gasteiger partial charge in [-0.3, -0.25) is 4.79 Å². The lowest BCUT2D eigenvalue weighted by atomic mass is 10.2. The number of hydrogen-bond donors (Lipinski definition) is 0. The molecule has 0 amide bonds. The maximum absolute atomic E-state index is 10.6. The number of benzene rings is 1. The highest BCUT2D eigenvalue weighted by molar-refractivity contribution is 5.74. The van der Waals surface area contributed by atoms with Gasteiger partial charge in [-0.15, -0.1) is 0 Å². The molecule has 0 spiro atoms. The molecule has 19 heavy (non-hydrogen) atoms. The van der Waals surface area contributed by atoms with Crippen molar-refractivity contribution in [1.82, 2.24) is 4.98 Å². The summed E-state index contributed by atoms with van der Waals surface area (Å²) in [6.45, 7) is -1.93. The second kappa shape index (κ2) is 6.54. The van der Waals surface area contributed by atoms with Gasteiger partial charge in [-0.05, 0) is 36.4 Å². The molecule has 2 aromatic rings. The van der Waals surface area contributed by atoms with Crippen LogP contribution in [0.25, 0.3) is 0 Å². The van der Waals surface area contributed by atoms with Gasteiger partial charge in [0, 0.05) is 22.8 Å². The van der Waals surface area contributed by atoms with Gasteiger partial charge in [-0.1, -0.05) is 6.07 Å². The third kappa shape index (κ3) is 3.81. The van der Waals surface area contributed by atoms with Gasteiger partial charge in [0.15, 0.2) is 0 Å². The highest BCUT2D eigenvalue weighted by Crippen LogP contribution is 2.11. The Labute approximate surface area is 116 Å². The molecule has 0 aliphatic carbocycles. The maximum atomic E-state index is 10.6. The Bertz CT molecular complexity index is 600. The molecular weight excluding hydrogens is 240 g/mol. The molecule has 1 aromatic carbocycles. The predicted molar refractivity (Wildman–Crippen MR) is 74.8 cm³/mol. The summed E-state index contributed by atoms with van der Waals surface area (Å²) in [5.74, 6) is 0.958. The van der Waals surface area contributed by atoms with Crippen LogP contribution in [0.15, 0.2) is 48.7 Å². The quantitative estimate of drug-likeness (QED) is 0.747. The van der Waals surface area contributed by atoms with E-state index in [-0.39, 0.29) is 13.2 Å². The number of hydrogen-bond acceptors (Lipinski definition) is 4. The van der Waals surface area contributed by atoms with Crippen molar-refractivity contribution in [3.8, 4) is 5.75 Å². The van der Waals surface area contributed by atoms with Gasteiger partial charge in [0.2, 0.25) is 0 Å². The largest absolute Gasteiger partial charge is 0.492 e. The lowest BCUT2D eigenvalue weighted by Crippen LogP contribution is -2.24. The number of carbonyl (C=O) groups excluding carboxylic acids is 1. The minimum Gasteiger partial charge on any atom is -0.492 e. The summed E-state index contributed by atoms with van der Waals surface area (Å²) in [4.78, 5) is 15.9. The zero-order chi connectivity index (χ0) is 16.0. The first-order valence-corrected chi connectivity index (χ1v) is 5.87. The van der Waals surface area contributed by atoms with Crippen LogP contribution >= 0.6 is 0 Å². The SMILES string of the molecule is [2H]C([2H])([2H])N(CCOc1ccc(C=O)cc1)c1ccccn1. The van der Waals surface area contributed by atoms with Crippen LogP contribution in [-0.4, -0.2) is 31.4 Å². The lowest BCUT2D eigenvalue weighted by molar-refractivity contribution is 0.112. The molecule has 0 N–H and O–H groups in total. The predicted octanol–water partition coefficient (Wildman–Crippen LogP) is 2.41. The van der Waals surface area contributed by atoms with Gasteiger partial charge in [0.05, 0.1) is 6.54 Å². The molecule has 0 aliphatic heterocycles. The number of pyridine rings is 1. The molecule has 0 atom stereocenters. The van der Waals surface area contributed by atoms with E-state index in [1.807, 2.05) is 0 Å². The number of carbonyl (C=O) groups is 1. The summed E-state index contributed by atoms with van der Waals surface area (Å²) in [5.41, 5.74) is 0.560. The van der Waals surface area contributed by atoms with Crippen molar-refractivity contribution in [2.75, 3.05) is 25.0 Å². The highest BCUT2D eigenvalue weighted by atomic mass is 16.5. The molecule has 1 heterocycles. The fraction of sp³-hybridized carbons (Fsp3) is 0.200. The van der Waals surface area contributed by atoms with Crippen LogP contribution in [0, 0.1) is 0 Å². The summed E-state index contributed by atoms with van der Waals surface area (Å²) in [6.07, 6.45) is 2.30. The molecule has 0 saturated carbocycles. The summed E-state index contributed by atoms with van der Waals surface area (Å²) >= 11 is 0. The van der Waals surface area contributed by atoms with E-state index in [1.165, 1.54) is 4.90 Å². The molecule has 0 fully saturated rings. The van der Waals surface area contributed by atoms with Crippen molar-refractivity contribution in [3.05, 3.63) is 54.2 Å². The van der Waals surface area contributed by atoms with Crippen molar-refractivity contribution in [2.45, 2.75) is 0 Å². The van der Waals surface area contributed by atoms with Crippen LogP contribution in [-0.2, 0) is 0 Å². The number of likely N-dealkylation sites (N-methyl/N-ethyl adjacent to an activating group) is 1. The molecule has 4 nitrogen and oxygen atoms in total. The summed E-state index contributed by atoms with van der Waals surface area (Å²) in [6, 6.07) is 11.7. The molecule has 2 rings (SSSR count). The van der Waals surface area contributed by atoms with Crippen LogP contribution in [0.4, 0.5) is 5.82 Å². The average molecular weight is 259 g/mol. The van der Waals surface area contributed by atoms with Crippen molar-refractivity contribution < 1.29 is 13.6 Å². The Kier molecular flexibility index (Phi) is 3.29. The van der Waals surface area contributed by atoms with E-state index in [1.54, 1.807) is 48.7 Å². The third-order valence-electron chi connectivity index (χ3n) is 2.53. The smallest absolute Gasteiger partial charge is 0.150 e. The van der Waals surface area contributed by atoms with Crippen LogP contribution in [0.3, 0.4) is 0 Å². The fourth-order valence-corrected chi connectivity index (χ4v) is 1.53. The van der Waals surface area contributed by atoms with E-state index >= 15 is 0 Å². The van der Waals surface area contributed by atoms with Crippen molar-refractivity contribution >= 4 is 12.1 Å². The first kappa shape index (κ1) is 9.55. The van der Waals surface area contributed by atoms with Crippen LogP contribution in [0.1, 0.15) is 14.5 Å². The number of anilines is 1. The molecule has 0 bridgehead atoms. The van der Waals surface area contributed by atoms with Crippen molar-refractivity contribution in [2.24, 2.45) is 0 Å². The second-order valence-electron chi connectivity index (χ2n) is 3.87. The summed E-state index contributed by atoms with van der Waals surface area (Å²) < 4.78 is 28.3. The topological polar surface area (TPSA) is 42.4 Å². The van der Waals surface area contributed by atoms with E-state index in [0.717, 1.165) is 6.29 Å². The Balaban J connectivity index is 1.98. The Hall–Kier alpha value is -2.36. The molecule has 1 aromatic heterocycles. The first-order chi connectivity index (χ1) is 10.5. The minimum atomic E-state index is -2.29. The van der Waals surface area contributed by atoms with Gasteiger partial charge >= 0.3 is 0 Å². The van der Waals surface area contributed by atoms with E-state index in [0.29, 0.717) is 17.1 Å². The third-order valence-corrected chi connectivity index (χ3v) is 2.53. The van der Waals surface area contributed by atoms with Crippen LogP contribution in [0.2, 0.25) is 0 Å². The van der Waals surface area contributed by atoms with Gasteiger partial charge in [-0.25, -0.2) is 4.98 Å². The Morgan fingerprint density at radius 3 is 2.79 bits per heavy atom. The summed E-state index contributed by atoms with van der Waals surface area (Å²) in [5, 5.41) is 0. The fourth-order valence-electron chi connectivity index (χ4n) is 1.53. The van der Waals surface area contributed by atoms with Crippen LogP contribution in [0.5, 0.6) is 5.75 Å². The van der Waals surface area contributed by atoms with Gasteiger partial charge < -0.3 is 9.64 Å². The number of ether oxygens (including phenoxy) is 1. The van der Waals surface area contributed by atoms with E-state index < -0.39 is 6.98 Å². The summed E-state index contributed by atoms with van der Waals surface area (Å²) in [7, 11) is 0. The van der Waals surface area contributed by atoms with Crippen molar-refractivity contribution in [1.29, 1.82) is 0 Å². The Morgan fingerprint density at radius 2 is 2.16 bits per heavy atom. The first-order valence-electron chi connectivity index (χ1n) is 7.37. The standard InChI is InChI=1S/C15H16N2O2/c1-17(15-4-2-3-9-16-15)10-11-19-14-7-5-13(12-18)6-8-14/h2-9,12H,10-11H2,1H3/i1D3. The minimum absolute atomic E-state index is 0.170. The number of aldehydes is 1. The molecule has 4 heteroatoms. The van der Waals surface area contributed by atoms with E-state index in [2.05, 4.69) is 4.98 Å². The number of aromatic nitrogens is 1. The molecule has 98 valence electrons. The van der Waals surface area contributed by atoms with E-state index in [9.17, 15) is 4.79 Å². The van der Waals surface area contributed by atoms with Crippen LogP contribution < -0.4 is 9.64 Å². The monoisotopic (exact) mass is 259 g/mol. The highest BCUT2D eigenvalue weighted by Gasteiger charge is 2.01. The Morgan fingerprint density at radius 1 is 1.32 bits per heavy atom. The second-order valence-corrected chi connectivity index (χ2v) is 3.87. The molecule has 0 unspecified atom stereocenters. The normalized spacial score (nSPS) is 12.9. The molecule has 0 aliphatic rings. The lowest BCUT2D eigenvalue weighted by Gasteiger charge is -2.18. The average Bonchev–Trinajstić information content (AvgIpc) is 2.52. The molecular formula is C15H16N2O2. The van der Waals surface area contributed by atoms with Gasteiger partial charge in [0.1, 0.15) is 24.5 Å². The van der Waals surface area contributed by atoms with Gasteiger partial charge in [0.25, 0.3) is 0 Å². The van der Waals surface area contributed by atoms with E-state index in [4.69, 9.17) is 8.85 Å². The number of nitrogens with zero attached hydrogens (tertiary/aromatic N) is 2. The molecule has 0 saturated heterocycles. The maximum Gasteiger partial charge on any atom is 0.150 e. The van der Waals surface area contributed by atoms with Crippen molar-refractivity contribution in [3.63, 3.8) is 0 Å². The number of rotatable bonds is 6.